The largest absolute Gasteiger partial charge is 0.341 e. The molecule has 3 nitrogen and oxygen atoms in total. The molecule has 2 N–H and O–H groups in total. The molecule has 0 heterocycles. The van der Waals surface area contributed by atoms with Crippen molar-refractivity contribution in [3.63, 3.8) is 0 Å². The molecule has 20 heavy (non-hydrogen) atoms. The smallest absolute Gasteiger partial charge is 0.230 e. The Morgan fingerprint density at radius 3 is 2.50 bits per heavy atom. The fourth-order valence-electron chi connectivity index (χ4n) is 2.95. The molecule has 1 saturated carbocycles. The van der Waals surface area contributed by atoms with Gasteiger partial charge in [-0.25, -0.2) is 0 Å². The summed E-state index contributed by atoms with van der Waals surface area (Å²) in [4.78, 5) is 14.4. The van der Waals surface area contributed by atoms with E-state index in [2.05, 4.69) is 0 Å². The van der Waals surface area contributed by atoms with Crippen molar-refractivity contribution in [2.24, 2.45) is 11.1 Å². The summed E-state index contributed by atoms with van der Waals surface area (Å²) < 4.78 is 0. The van der Waals surface area contributed by atoms with E-state index < -0.39 is 0 Å². The third-order valence-corrected chi connectivity index (χ3v) is 4.89. The van der Waals surface area contributed by atoms with E-state index in [1.807, 2.05) is 13.1 Å². The molecule has 110 valence electrons. The number of carbonyl (C=O) groups is 1. The number of hydrogen-bond acceptors (Lipinski definition) is 2. The van der Waals surface area contributed by atoms with E-state index in [9.17, 15) is 4.79 Å². The van der Waals surface area contributed by atoms with Crippen LogP contribution in [-0.4, -0.2) is 24.4 Å². The lowest BCUT2D eigenvalue weighted by atomic mass is 9.84. The van der Waals surface area contributed by atoms with Gasteiger partial charge in [0, 0.05) is 20.1 Å². The lowest BCUT2D eigenvalue weighted by Gasteiger charge is -2.31. The summed E-state index contributed by atoms with van der Waals surface area (Å²) in [5.74, 6) is 0.142. The van der Waals surface area contributed by atoms with E-state index in [0.29, 0.717) is 23.1 Å². The number of hydrogen-bond donors (Lipinski definition) is 1. The zero-order valence-corrected chi connectivity index (χ0v) is 13.2. The Bertz CT molecular complexity index is 499. The first-order chi connectivity index (χ1) is 9.48. The highest BCUT2D eigenvalue weighted by Crippen LogP contribution is 2.38. The standard InChI is InChI=1S/C15H20Cl2N2O/c1-19(9-11-4-5-12(16)13(17)8-11)14(20)15(10-18)6-2-3-7-15/h4-5,8H,2-3,6-7,9-10,18H2,1H3. The fraction of sp³-hybridized carbons (Fsp3) is 0.533. The van der Waals surface area contributed by atoms with E-state index in [1.165, 1.54) is 0 Å². The van der Waals surface area contributed by atoms with Crippen molar-refractivity contribution in [3.05, 3.63) is 33.8 Å². The van der Waals surface area contributed by atoms with Crippen molar-refractivity contribution in [2.75, 3.05) is 13.6 Å². The molecule has 0 aliphatic heterocycles. The van der Waals surface area contributed by atoms with Gasteiger partial charge in [-0.3, -0.25) is 4.79 Å². The minimum absolute atomic E-state index is 0.142. The van der Waals surface area contributed by atoms with Gasteiger partial charge in [0.2, 0.25) is 5.91 Å². The second-order valence-corrected chi connectivity index (χ2v) is 6.42. The Labute approximate surface area is 130 Å². The van der Waals surface area contributed by atoms with Crippen molar-refractivity contribution in [3.8, 4) is 0 Å². The van der Waals surface area contributed by atoms with Crippen LogP contribution in [-0.2, 0) is 11.3 Å². The van der Waals surface area contributed by atoms with Gasteiger partial charge >= 0.3 is 0 Å². The molecule has 0 aromatic heterocycles. The van der Waals surface area contributed by atoms with Gasteiger partial charge in [0.1, 0.15) is 0 Å². The topological polar surface area (TPSA) is 46.3 Å². The summed E-state index contributed by atoms with van der Waals surface area (Å²) in [6.45, 7) is 0.953. The second kappa shape index (κ2) is 6.33. The average molecular weight is 315 g/mol. The van der Waals surface area contributed by atoms with Crippen LogP contribution in [0.2, 0.25) is 10.0 Å². The average Bonchev–Trinajstić information content (AvgIpc) is 2.92. The summed E-state index contributed by atoms with van der Waals surface area (Å²) in [7, 11) is 1.82. The fourth-order valence-corrected chi connectivity index (χ4v) is 3.27. The molecule has 1 fully saturated rings. The summed E-state index contributed by atoms with van der Waals surface area (Å²) in [6.07, 6.45) is 3.97. The van der Waals surface area contributed by atoms with E-state index in [1.54, 1.807) is 17.0 Å². The van der Waals surface area contributed by atoms with Crippen LogP contribution in [0, 0.1) is 5.41 Å². The lowest BCUT2D eigenvalue weighted by Crippen LogP contribution is -2.44. The highest BCUT2D eigenvalue weighted by atomic mass is 35.5. The molecule has 0 atom stereocenters. The number of rotatable bonds is 4. The van der Waals surface area contributed by atoms with Crippen molar-refractivity contribution < 1.29 is 4.79 Å². The van der Waals surface area contributed by atoms with E-state index in [4.69, 9.17) is 28.9 Å². The van der Waals surface area contributed by atoms with Crippen LogP contribution in [0.3, 0.4) is 0 Å². The van der Waals surface area contributed by atoms with Crippen molar-refractivity contribution in [1.29, 1.82) is 0 Å². The molecular weight excluding hydrogens is 295 g/mol. The highest BCUT2D eigenvalue weighted by Gasteiger charge is 2.41. The van der Waals surface area contributed by atoms with Crippen LogP contribution in [0.15, 0.2) is 18.2 Å². The van der Waals surface area contributed by atoms with Gasteiger partial charge in [0.15, 0.2) is 0 Å². The molecule has 0 unspecified atom stereocenters. The maximum Gasteiger partial charge on any atom is 0.230 e. The molecule has 1 amide bonds. The molecular formula is C15H20Cl2N2O. The van der Waals surface area contributed by atoms with Gasteiger partial charge in [-0.15, -0.1) is 0 Å². The molecule has 1 aliphatic rings. The molecule has 1 aliphatic carbocycles. The Hall–Kier alpha value is -0.770. The van der Waals surface area contributed by atoms with Gasteiger partial charge < -0.3 is 10.6 Å². The molecule has 1 aromatic rings. The van der Waals surface area contributed by atoms with E-state index >= 15 is 0 Å². The quantitative estimate of drug-likeness (QED) is 0.925. The lowest BCUT2D eigenvalue weighted by molar-refractivity contribution is -0.140. The van der Waals surface area contributed by atoms with Crippen LogP contribution in [0.25, 0.3) is 0 Å². The van der Waals surface area contributed by atoms with Gasteiger partial charge in [-0.05, 0) is 30.5 Å². The number of carbonyl (C=O) groups excluding carboxylic acids is 1. The van der Waals surface area contributed by atoms with E-state index in [0.717, 1.165) is 31.2 Å². The molecule has 0 radical (unpaired) electrons. The van der Waals surface area contributed by atoms with Crippen LogP contribution >= 0.6 is 23.2 Å². The normalized spacial score (nSPS) is 17.2. The summed E-state index contributed by atoms with van der Waals surface area (Å²) in [6, 6.07) is 5.45. The van der Waals surface area contributed by atoms with Gasteiger partial charge in [-0.2, -0.15) is 0 Å². The second-order valence-electron chi connectivity index (χ2n) is 5.60. The molecule has 1 aromatic carbocycles. The highest BCUT2D eigenvalue weighted by molar-refractivity contribution is 6.42. The number of benzene rings is 1. The maximum absolute atomic E-state index is 12.6. The molecule has 2 rings (SSSR count). The summed E-state index contributed by atoms with van der Waals surface area (Å²) >= 11 is 11.9. The van der Waals surface area contributed by atoms with Gasteiger partial charge in [-0.1, -0.05) is 42.1 Å². The SMILES string of the molecule is CN(Cc1ccc(Cl)c(Cl)c1)C(=O)C1(CN)CCCC1. The van der Waals surface area contributed by atoms with Crippen LogP contribution in [0.1, 0.15) is 31.2 Å². The number of amides is 1. The zero-order valence-electron chi connectivity index (χ0n) is 11.7. The number of nitrogens with zero attached hydrogens (tertiary/aromatic N) is 1. The monoisotopic (exact) mass is 314 g/mol. The Balaban J connectivity index is 2.09. The number of nitrogens with two attached hydrogens (primary N) is 1. The minimum atomic E-state index is -0.356. The van der Waals surface area contributed by atoms with E-state index in [-0.39, 0.29) is 11.3 Å². The summed E-state index contributed by atoms with van der Waals surface area (Å²) in [5.41, 5.74) is 6.48. The Morgan fingerprint density at radius 1 is 1.30 bits per heavy atom. The molecule has 0 saturated heterocycles. The molecule has 0 spiro atoms. The minimum Gasteiger partial charge on any atom is -0.341 e. The van der Waals surface area contributed by atoms with Crippen molar-refractivity contribution in [1.82, 2.24) is 4.90 Å². The Morgan fingerprint density at radius 2 is 1.95 bits per heavy atom. The Kier molecular flexibility index (Phi) is 4.95. The predicted molar refractivity (Wildman–Crippen MR) is 82.9 cm³/mol. The van der Waals surface area contributed by atoms with Gasteiger partial charge in [0.25, 0.3) is 0 Å². The van der Waals surface area contributed by atoms with Crippen LogP contribution < -0.4 is 5.73 Å². The zero-order chi connectivity index (χ0) is 14.8. The molecule has 5 heteroatoms. The van der Waals surface area contributed by atoms with Crippen LogP contribution in [0.4, 0.5) is 0 Å². The van der Waals surface area contributed by atoms with Crippen molar-refractivity contribution in [2.45, 2.75) is 32.2 Å². The summed E-state index contributed by atoms with van der Waals surface area (Å²) in [5, 5.41) is 1.04. The van der Waals surface area contributed by atoms with Crippen LogP contribution in [0.5, 0.6) is 0 Å². The molecule has 0 bridgehead atoms. The maximum atomic E-state index is 12.6. The van der Waals surface area contributed by atoms with Crippen molar-refractivity contribution >= 4 is 29.1 Å². The van der Waals surface area contributed by atoms with Gasteiger partial charge in [0.05, 0.1) is 15.5 Å². The first-order valence-electron chi connectivity index (χ1n) is 6.88. The first-order valence-corrected chi connectivity index (χ1v) is 7.64. The third-order valence-electron chi connectivity index (χ3n) is 4.16. The number of halogens is 2. The first kappa shape index (κ1) is 15.6. The third kappa shape index (κ3) is 3.11. The predicted octanol–water partition coefficient (Wildman–Crippen LogP) is 3.47.